The molecule has 1 aromatic heterocycles. The van der Waals surface area contributed by atoms with E-state index in [1.807, 2.05) is 12.4 Å². The highest BCUT2D eigenvalue weighted by Gasteiger charge is 2.38. The van der Waals surface area contributed by atoms with Crippen LogP contribution in [0.15, 0.2) is 24.5 Å². The van der Waals surface area contributed by atoms with Gasteiger partial charge in [-0.15, -0.1) is 0 Å². The Kier molecular flexibility index (Phi) is 6.15. The van der Waals surface area contributed by atoms with E-state index in [2.05, 4.69) is 48.1 Å². The van der Waals surface area contributed by atoms with Crippen molar-refractivity contribution in [1.82, 2.24) is 15.2 Å². The van der Waals surface area contributed by atoms with Gasteiger partial charge < -0.3 is 10.1 Å². The van der Waals surface area contributed by atoms with E-state index in [1.165, 1.54) is 5.56 Å². The molecule has 0 spiro atoms. The lowest BCUT2D eigenvalue weighted by Gasteiger charge is -2.48. The summed E-state index contributed by atoms with van der Waals surface area (Å²) < 4.78 is 5.53. The fraction of sp³-hybridized carbons (Fsp3) is 0.706. The standard InChI is InChI=1S/C17H29N3O/c1-4-17(3,20-10-12-21-13-11-20)16(19-5-2)14-15-6-8-18-9-7-15/h6-9,16,19H,4-5,10-14H2,1-3H3. The maximum atomic E-state index is 5.53. The minimum atomic E-state index is 0.156. The Bertz CT molecular complexity index is 406. The molecule has 1 saturated heterocycles. The number of nitrogens with one attached hydrogen (secondary N) is 1. The summed E-state index contributed by atoms with van der Waals surface area (Å²) >= 11 is 0. The van der Waals surface area contributed by atoms with Crippen molar-refractivity contribution in [3.63, 3.8) is 0 Å². The molecule has 0 saturated carbocycles. The maximum Gasteiger partial charge on any atom is 0.0594 e. The molecule has 1 aromatic rings. The van der Waals surface area contributed by atoms with Crippen LogP contribution in [0.1, 0.15) is 32.8 Å². The predicted molar refractivity (Wildman–Crippen MR) is 86.5 cm³/mol. The molecule has 4 heteroatoms. The third-order valence-electron chi connectivity index (χ3n) is 4.84. The monoisotopic (exact) mass is 291 g/mol. The number of likely N-dealkylation sites (N-methyl/N-ethyl adjacent to an activating group) is 1. The summed E-state index contributed by atoms with van der Waals surface area (Å²) in [5.74, 6) is 0. The molecule has 21 heavy (non-hydrogen) atoms. The fourth-order valence-electron chi connectivity index (χ4n) is 3.28. The summed E-state index contributed by atoms with van der Waals surface area (Å²) in [5, 5.41) is 3.72. The van der Waals surface area contributed by atoms with Crippen LogP contribution in [-0.4, -0.2) is 54.3 Å². The smallest absolute Gasteiger partial charge is 0.0594 e. The van der Waals surface area contributed by atoms with E-state index >= 15 is 0 Å². The van der Waals surface area contributed by atoms with Gasteiger partial charge in [-0.25, -0.2) is 0 Å². The number of nitrogens with zero attached hydrogens (tertiary/aromatic N) is 2. The molecule has 4 nitrogen and oxygen atoms in total. The first kappa shape index (κ1) is 16.4. The fourth-order valence-corrected chi connectivity index (χ4v) is 3.28. The number of hydrogen-bond donors (Lipinski definition) is 1. The van der Waals surface area contributed by atoms with Gasteiger partial charge in [0.2, 0.25) is 0 Å². The minimum Gasteiger partial charge on any atom is -0.379 e. The van der Waals surface area contributed by atoms with Gasteiger partial charge in [-0.1, -0.05) is 13.8 Å². The first-order valence-corrected chi connectivity index (χ1v) is 8.15. The Hall–Kier alpha value is -0.970. The van der Waals surface area contributed by atoms with E-state index in [1.54, 1.807) is 0 Å². The van der Waals surface area contributed by atoms with Crippen molar-refractivity contribution in [1.29, 1.82) is 0 Å². The van der Waals surface area contributed by atoms with E-state index in [4.69, 9.17) is 4.74 Å². The Morgan fingerprint density at radius 3 is 2.52 bits per heavy atom. The summed E-state index contributed by atoms with van der Waals surface area (Å²) in [4.78, 5) is 6.73. The number of aromatic nitrogens is 1. The lowest BCUT2D eigenvalue weighted by atomic mass is 9.83. The van der Waals surface area contributed by atoms with Crippen molar-refractivity contribution in [2.75, 3.05) is 32.8 Å². The molecule has 1 aliphatic heterocycles. The zero-order valence-electron chi connectivity index (χ0n) is 13.6. The summed E-state index contributed by atoms with van der Waals surface area (Å²) in [6, 6.07) is 4.69. The molecule has 2 heterocycles. The van der Waals surface area contributed by atoms with Crippen molar-refractivity contribution >= 4 is 0 Å². The largest absolute Gasteiger partial charge is 0.379 e. The van der Waals surface area contributed by atoms with E-state index in [0.29, 0.717) is 6.04 Å². The highest BCUT2D eigenvalue weighted by Crippen LogP contribution is 2.27. The molecule has 0 aromatic carbocycles. The molecule has 2 rings (SSSR count). The van der Waals surface area contributed by atoms with E-state index < -0.39 is 0 Å². The lowest BCUT2D eigenvalue weighted by molar-refractivity contribution is -0.0320. The van der Waals surface area contributed by atoms with Crippen LogP contribution in [-0.2, 0) is 11.2 Å². The van der Waals surface area contributed by atoms with Crippen molar-refractivity contribution < 1.29 is 4.74 Å². The Morgan fingerprint density at radius 2 is 1.95 bits per heavy atom. The molecule has 1 N–H and O–H groups in total. The van der Waals surface area contributed by atoms with Crippen LogP contribution >= 0.6 is 0 Å². The first-order valence-electron chi connectivity index (χ1n) is 8.15. The maximum absolute atomic E-state index is 5.53. The minimum absolute atomic E-state index is 0.156. The van der Waals surface area contributed by atoms with Crippen molar-refractivity contribution in [3.8, 4) is 0 Å². The second kappa shape index (κ2) is 7.87. The molecule has 0 aliphatic carbocycles. The van der Waals surface area contributed by atoms with Crippen molar-refractivity contribution in [3.05, 3.63) is 30.1 Å². The third kappa shape index (κ3) is 4.02. The first-order chi connectivity index (χ1) is 10.2. The number of morpholine rings is 1. The second-order valence-electron chi connectivity index (χ2n) is 5.98. The van der Waals surface area contributed by atoms with Gasteiger partial charge in [-0.05, 0) is 44.0 Å². The summed E-state index contributed by atoms with van der Waals surface area (Å²) in [6.07, 6.45) is 5.94. The number of rotatable bonds is 7. The van der Waals surface area contributed by atoms with Crippen LogP contribution in [0.2, 0.25) is 0 Å². The van der Waals surface area contributed by atoms with Crippen LogP contribution in [0.5, 0.6) is 0 Å². The van der Waals surface area contributed by atoms with Gasteiger partial charge in [0.05, 0.1) is 13.2 Å². The van der Waals surface area contributed by atoms with Crippen molar-refractivity contribution in [2.45, 2.75) is 45.2 Å². The second-order valence-corrected chi connectivity index (χ2v) is 5.98. The van der Waals surface area contributed by atoms with Crippen LogP contribution in [0.25, 0.3) is 0 Å². The molecule has 2 unspecified atom stereocenters. The molecule has 1 fully saturated rings. The summed E-state index contributed by atoms with van der Waals surface area (Å²) in [6.45, 7) is 11.6. The van der Waals surface area contributed by atoms with Crippen molar-refractivity contribution in [2.24, 2.45) is 0 Å². The average Bonchev–Trinajstić information content (AvgIpc) is 2.55. The van der Waals surface area contributed by atoms with Gasteiger partial charge in [0.25, 0.3) is 0 Å². The van der Waals surface area contributed by atoms with Crippen LogP contribution in [0, 0.1) is 0 Å². The number of ether oxygens (including phenoxy) is 1. The summed E-state index contributed by atoms with van der Waals surface area (Å²) in [7, 11) is 0. The lowest BCUT2D eigenvalue weighted by Crippen LogP contribution is -2.62. The molecular formula is C17H29N3O. The zero-order valence-corrected chi connectivity index (χ0v) is 13.6. The number of hydrogen-bond acceptors (Lipinski definition) is 4. The van der Waals surface area contributed by atoms with Crippen LogP contribution in [0.4, 0.5) is 0 Å². The molecule has 0 amide bonds. The van der Waals surface area contributed by atoms with Crippen LogP contribution in [0.3, 0.4) is 0 Å². The summed E-state index contributed by atoms with van der Waals surface area (Å²) in [5.41, 5.74) is 1.51. The van der Waals surface area contributed by atoms with Gasteiger partial charge in [0.15, 0.2) is 0 Å². The zero-order chi connectivity index (χ0) is 15.1. The van der Waals surface area contributed by atoms with Gasteiger partial charge in [-0.3, -0.25) is 9.88 Å². The molecule has 0 radical (unpaired) electrons. The number of pyridine rings is 1. The Morgan fingerprint density at radius 1 is 1.29 bits per heavy atom. The van der Waals surface area contributed by atoms with Gasteiger partial charge in [0.1, 0.15) is 0 Å². The SMILES string of the molecule is CCNC(Cc1ccncc1)C(C)(CC)N1CCOCC1. The van der Waals surface area contributed by atoms with E-state index in [-0.39, 0.29) is 5.54 Å². The highest BCUT2D eigenvalue weighted by atomic mass is 16.5. The normalized spacial score (nSPS) is 20.9. The van der Waals surface area contributed by atoms with Gasteiger partial charge in [-0.2, -0.15) is 0 Å². The molecule has 118 valence electrons. The highest BCUT2D eigenvalue weighted by molar-refractivity contribution is 5.14. The topological polar surface area (TPSA) is 37.4 Å². The Labute approximate surface area is 128 Å². The van der Waals surface area contributed by atoms with E-state index in [0.717, 1.165) is 45.7 Å². The van der Waals surface area contributed by atoms with Gasteiger partial charge >= 0.3 is 0 Å². The molecular weight excluding hydrogens is 262 g/mol. The van der Waals surface area contributed by atoms with E-state index in [9.17, 15) is 0 Å². The molecule has 2 atom stereocenters. The van der Waals surface area contributed by atoms with Crippen LogP contribution < -0.4 is 5.32 Å². The molecule has 1 aliphatic rings. The quantitative estimate of drug-likeness (QED) is 0.835. The predicted octanol–water partition coefficient (Wildman–Crippen LogP) is 2.10. The third-order valence-corrected chi connectivity index (χ3v) is 4.84. The Balaban J connectivity index is 2.16. The average molecular weight is 291 g/mol. The molecule has 0 bridgehead atoms. The van der Waals surface area contributed by atoms with Gasteiger partial charge in [0, 0.05) is 37.1 Å².